The van der Waals surface area contributed by atoms with Crippen molar-refractivity contribution in [2.45, 2.75) is 51.3 Å². The van der Waals surface area contributed by atoms with Crippen molar-refractivity contribution in [2.75, 3.05) is 34.9 Å². The average Bonchev–Trinajstić information content (AvgIpc) is 3.41. The quantitative estimate of drug-likeness (QED) is 0.745. The molecule has 0 spiro atoms. The summed E-state index contributed by atoms with van der Waals surface area (Å²) >= 11 is 0. The van der Waals surface area contributed by atoms with Gasteiger partial charge in [-0.2, -0.15) is 0 Å². The molecule has 0 aromatic heterocycles. The number of nitrogens with zero attached hydrogens (tertiary/aromatic N) is 3. The Hall–Kier alpha value is -2.86. The highest BCUT2D eigenvalue weighted by Crippen LogP contribution is 2.43. The zero-order valence-electron chi connectivity index (χ0n) is 18.4. The van der Waals surface area contributed by atoms with Crippen molar-refractivity contribution in [3.05, 3.63) is 53.6 Å². The summed E-state index contributed by atoms with van der Waals surface area (Å²) in [5, 5.41) is 0. The highest BCUT2D eigenvalue weighted by molar-refractivity contribution is 6.05. The molecule has 1 fully saturated rings. The average molecular weight is 420 g/mol. The second kappa shape index (κ2) is 7.68. The molecule has 2 amide bonds. The number of likely N-dealkylation sites (N-methyl/N-ethyl adjacent to an activating group) is 1. The van der Waals surface area contributed by atoms with Crippen molar-refractivity contribution < 1.29 is 14.3 Å². The number of hydrogen-bond donors (Lipinski definition) is 0. The van der Waals surface area contributed by atoms with E-state index in [1.165, 1.54) is 11.3 Å². The molecule has 0 saturated carbocycles. The molecule has 5 rings (SSSR count). The highest BCUT2D eigenvalue weighted by Gasteiger charge is 2.38. The van der Waals surface area contributed by atoms with E-state index in [-0.39, 0.29) is 30.0 Å². The number of benzene rings is 2. The van der Waals surface area contributed by atoms with Crippen molar-refractivity contribution in [3.8, 4) is 0 Å². The van der Waals surface area contributed by atoms with Crippen LogP contribution in [0.15, 0.2) is 42.5 Å². The third kappa shape index (κ3) is 3.30. The molecule has 0 radical (unpaired) electrons. The molecular weight excluding hydrogens is 390 g/mol. The van der Waals surface area contributed by atoms with Crippen LogP contribution in [0.1, 0.15) is 43.9 Å². The zero-order chi connectivity index (χ0) is 21.7. The number of amides is 2. The lowest BCUT2D eigenvalue weighted by molar-refractivity contribution is -0.127. The van der Waals surface area contributed by atoms with E-state index < -0.39 is 0 Å². The Morgan fingerprint density at radius 2 is 1.87 bits per heavy atom. The fourth-order valence-corrected chi connectivity index (χ4v) is 5.37. The number of fused-ring (bicyclic) bond motifs is 2. The van der Waals surface area contributed by atoms with Gasteiger partial charge in [-0.1, -0.05) is 24.3 Å². The van der Waals surface area contributed by atoms with Gasteiger partial charge >= 0.3 is 0 Å². The lowest BCUT2D eigenvalue weighted by Crippen LogP contribution is -2.53. The minimum Gasteiger partial charge on any atom is -0.368 e. The summed E-state index contributed by atoms with van der Waals surface area (Å²) in [6.07, 6.45) is 2.22. The van der Waals surface area contributed by atoms with Crippen molar-refractivity contribution >= 4 is 28.9 Å². The van der Waals surface area contributed by atoms with E-state index in [9.17, 15) is 9.59 Å². The molecule has 3 atom stereocenters. The van der Waals surface area contributed by atoms with Gasteiger partial charge in [0, 0.05) is 32.8 Å². The minimum atomic E-state index is -0.383. The third-order valence-corrected chi connectivity index (χ3v) is 6.88. The molecule has 0 aliphatic carbocycles. The van der Waals surface area contributed by atoms with Crippen LogP contribution in [0.3, 0.4) is 0 Å². The summed E-state index contributed by atoms with van der Waals surface area (Å²) in [6, 6.07) is 14.8. The van der Waals surface area contributed by atoms with Gasteiger partial charge in [-0.05, 0) is 55.5 Å². The van der Waals surface area contributed by atoms with Gasteiger partial charge in [0.1, 0.15) is 6.10 Å². The summed E-state index contributed by atoms with van der Waals surface area (Å²) in [5.41, 5.74) is 5.35. The summed E-state index contributed by atoms with van der Waals surface area (Å²) in [7, 11) is 2.12. The summed E-state index contributed by atoms with van der Waals surface area (Å²) < 4.78 is 5.70. The zero-order valence-corrected chi connectivity index (χ0v) is 18.4. The molecule has 6 nitrogen and oxygen atoms in total. The van der Waals surface area contributed by atoms with Crippen LogP contribution in [-0.4, -0.2) is 44.2 Å². The first kappa shape index (κ1) is 20.1. The van der Waals surface area contributed by atoms with E-state index in [1.807, 2.05) is 22.8 Å². The fourth-order valence-electron chi connectivity index (χ4n) is 5.37. The first-order valence-electron chi connectivity index (χ1n) is 11.1. The molecule has 162 valence electrons. The molecule has 3 heterocycles. The maximum Gasteiger partial charge on any atom is 0.256 e. The smallest absolute Gasteiger partial charge is 0.256 e. The van der Waals surface area contributed by atoms with Gasteiger partial charge in [0.25, 0.3) is 5.91 Å². The molecule has 0 N–H and O–H groups in total. The Balaban J connectivity index is 1.55. The van der Waals surface area contributed by atoms with Crippen LogP contribution in [0, 0.1) is 0 Å². The molecule has 31 heavy (non-hydrogen) atoms. The second-order valence-corrected chi connectivity index (χ2v) is 8.90. The number of anilines is 3. The van der Waals surface area contributed by atoms with Crippen LogP contribution in [0.4, 0.5) is 17.1 Å². The largest absolute Gasteiger partial charge is 0.368 e. The molecule has 3 aliphatic heterocycles. The van der Waals surface area contributed by atoms with Crippen LogP contribution < -0.4 is 14.7 Å². The number of carbonyl (C=O) groups is 2. The van der Waals surface area contributed by atoms with Crippen LogP contribution in [0.25, 0.3) is 0 Å². The van der Waals surface area contributed by atoms with Crippen molar-refractivity contribution in [1.29, 1.82) is 0 Å². The molecule has 2 aromatic carbocycles. The van der Waals surface area contributed by atoms with Gasteiger partial charge in [-0.3, -0.25) is 9.59 Å². The number of hydrogen-bond acceptors (Lipinski definition) is 4. The summed E-state index contributed by atoms with van der Waals surface area (Å²) in [6.45, 7) is 4.70. The second-order valence-electron chi connectivity index (χ2n) is 8.90. The molecule has 0 bridgehead atoms. The normalized spacial score (nSPS) is 24.9. The van der Waals surface area contributed by atoms with Crippen LogP contribution in [0.2, 0.25) is 0 Å². The van der Waals surface area contributed by atoms with E-state index in [0.29, 0.717) is 13.2 Å². The van der Waals surface area contributed by atoms with Crippen molar-refractivity contribution in [1.82, 2.24) is 0 Å². The number of para-hydroxylation sites is 1. The van der Waals surface area contributed by atoms with Crippen molar-refractivity contribution in [3.63, 3.8) is 0 Å². The first-order chi connectivity index (χ1) is 15.0. The predicted octanol–water partition coefficient (Wildman–Crippen LogP) is 3.69. The lowest BCUT2D eigenvalue weighted by Gasteiger charge is -2.42. The highest BCUT2D eigenvalue weighted by atomic mass is 16.5. The fraction of sp³-hybridized carbons (Fsp3) is 0.440. The molecule has 3 unspecified atom stereocenters. The number of carbonyl (C=O) groups excluding carboxylic acids is 2. The molecule has 6 heteroatoms. The Bertz CT molecular complexity index is 1030. The number of rotatable bonds is 2. The third-order valence-electron chi connectivity index (χ3n) is 6.88. The van der Waals surface area contributed by atoms with E-state index in [1.54, 1.807) is 6.92 Å². The first-order valence-corrected chi connectivity index (χ1v) is 11.1. The minimum absolute atomic E-state index is 0.00361. The van der Waals surface area contributed by atoms with E-state index >= 15 is 0 Å². The van der Waals surface area contributed by atoms with E-state index in [4.69, 9.17) is 4.74 Å². The van der Waals surface area contributed by atoms with Crippen molar-refractivity contribution in [2.24, 2.45) is 0 Å². The molecule has 1 saturated heterocycles. The lowest BCUT2D eigenvalue weighted by atomic mass is 9.98. The maximum atomic E-state index is 13.3. The Morgan fingerprint density at radius 1 is 1.06 bits per heavy atom. The van der Waals surface area contributed by atoms with Gasteiger partial charge < -0.3 is 19.4 Å². The topological polar surface area (TPSA) is 53.1 Å². The Kier molecular flexibility index (Phi) is 4.97. The Morgan fingerprint density at radius 3 is 2.58 bits per heavy atom. The van der Waals surface area contributed by atoms with Crippen LogP contribution in [-0.2, 0) is 20.7 Å². The van der Waals surface area contributed by atoms with E-state index in [2.05, 4.69) is 48.3 Å². The standard InChI is InChI=1S/C25H29N3O3/c1-16-15-27(25(30)24-9-6-12-31-24)23-14-19(10-11-21(23)28(16)17(2)29)22-13-18-7-4-5-8-20(18)26(22)3/h4-5,7-8,10-11,14,16,22,24H,6,9,12-13,15H2,1-3H3. The van der Waals surface area contributed by atoms with Crippen LogP contribution >= 0.6 is 0 Å². The van der Waals surface area contributed by atoms with Gasteiger partial charge in [0.05, 0.1) is 23.5 Å². The van der Waals surface area contributed by atoms with Crippen LogP contribution in [0.5, 0.6) is 0 Å². The van der Waals surface area contributed by atoms with Gasteiger partial charge in [-0.25, -0.2) is 0 Å². The molecule has 2 aromatic rings. The number of ether oxygens (including phenoxy) is 1. The van der Waals surface area contributed by atoms with Gasteiger partial charge in [0.2, 0.25) is 5.91 Å². The van der Waals surface area contributed by atoms with Gasteiger partial charge in [0.15, 0.2) is 0 Å². The molecular formula is C25H29N3O3. The van der Waals surface area contributed by atoms with E-state index in [0.717, 1.165) is 36.2 Å². The van der Waals surface area contributed by atoms with Gasteiger partial charge in [-0.15, -0.1) is 0 Å². The maximum absolute atomic E-state index is 13.3. The predicted molar refractivity (Wildman–Crippen MR) is 122 cm³/mol. The SMILES string of the molecule is CC(=O)N1c2ccc(C3Cc4ccccc4N3C)cc2N(C(=O)C2CCCO2)CC1C. The monoisotopic (exact) mass is 419 g/mol. The summed E-state index contributed by atoms with van der Waals surface area (Å²) in [5.74, 6) is 0.00474. The molecule has 3 aliphatic rings. The summed E-state index contributed by atoms with van der Waals surface area (Å²) in [4.78, 5) is 31.7. The Labute approximate surface area is 183 Å².